The van der Waals surface area contributed by atoms with E-state index in [0.717, 1.165) is 178 Å². The second-order valence-electron chi connectivity index (χ2n) is 36.8. The number of ether oxygens (including phenoxy) is 3. The zero-order chi connectivity index (χ0) is 91.6. The fraction of sp³-hybridized carbons (Fsp3) is 0.589. The number of aromatic nitrogens is 1. The van der Waals surface area contributed by atoms with Crippen molar-refractivity contribution in [1.82, 2.24) is 14.8 Å². The maximum Gasteiger partial charge on any atom is 0.340 e. The van der Waals surface area contributed by atoms with Crippen LogP contribution in [0, 0.1) is 88.8 Å². The summed E-state index contributed by atoms with van der Waals surface area (Å²) in [7, 11) is 0. The van der Waals surface area contributed by atoms with Gasteiger partial charge in [0.05, 0.1) is 34.7 Å². The summed E-state index contributed by atoms with van der Waals surface area (Å²) in [6.07, 6.45) is 54.6. The van der Waals surface area contributed by atoms with Crippen molar-refractivity contribution < 1.29 is 38.2 Å². The summed E-state index contributed by atoms with van der Waals surface area (Å²) in [6, 6.07) is 24.9. The molecule has 0 amide bonds. The van der Waals surface area contributed by atoms with Crippen LogP contribution in [0.2, 0.25) is 0 Å². The molecule has 0 unspecified atom stereocenters. The fourth-order valence-corrected chi connectivity index (χ4v) is 17.4. The van der Waals surface area contributed by atoms with Gasteiger partial charge in [-0.1, -0.05) is 234 Å². The summed E-state index contributed by atoms with van der Waals surface area (Å²) in [5.74, 6) is 36.5. The third-order valence-corrected chi connectivity index (χ3v) is 24.9. The first-order valence-electron chi connectivity index (χ1n) is 49.5. The highest BCUT2D eigenvalue weighted by atomic mass is 16.6. The third-order valence-electron chi connectivity index (χ3n) is 24.9. The molecule has 128 heavy (non-hydrogen) atoms. The number of nitrogens with one attached hydrogen (secondary N) is 1. The van der Waals surface area contributed by atoms with Crippen LogP contribution < -0.4 is 28.3 Å². The number of likely N-dealkylation sites (tertiary alicyclic amines) is 2. The van der Waals surface area contributed by atoms with Crippen molar-refractivity contribution in [2.45, 2.75) is 355 Å². The number of benzene rings is 4. The van der Waals surface area contributed by atoms with Crippen LogP contribution in [0.5, 0.6) is 0 Å². The molecule has 0 bridgehead atoms. The van der Waals surface area contributed by atoms with Crippen molar-refractivity contribution in [3.8, 4) is 71.0 Å². The number of Topliss-reactive ketones (excluding diaryl/α,β-unsaturated/α-hetero) is 2. The molecule has 11 rings (SSSR count). The second kappa shape index (κ2) is 62.3. The molecular formula is C112H156N8O8. The number of pyridine rings is 1. The number of unbranched alkanes of at least 4 members (excludes halogenated alkanes) is 6. The van der Waals surface area contributed by atoms with Gasteiger partial charge in [0.15, 0.2) is 18.2 Å². The number of aryl methyl sites for hydroxylation is 2. The molecule has 0 spiro atoms. The Kier molecular flexibility index (Phi) is 51.2. The number of ketones is 2. The zero-order valence-corrected chi connectivity index (χ0v) is 79.5. The normalized spacial score (nSPS) is 15.5. The SMILES string of the molecule is CC(C)(C)OC(=O)c1cnc(CC2CCCCC2)c(NC2CCCCC2)c1.CCCCC#CC#CCCc1ccc(C(=O)CCCN2CCCCC2)cc1N.CCCCC#CC#CCCc1ccc(C(=O)OCC)cc1N.CCCCC#CC#CCOC(=O)c1ccc(CC2CCCCC2)c(N)c1.Nc1cc(C(=O)CCCN2CCCCC2)ccc1CC1CCCCC1. The highest BCUT2D eigenvalue weighted by Crippen LogP contribution is 2.34. The highest BCUT2D eigenvalue weighted by molar-refractivity contribution is 5.98. The van der Waals surface area contributed by atoms with E-state index in [1.54, 1.807) is 37.4 Å². The number of nitrogens with two attached hydrogens (primary N) is 4. The van der Waals surface area contributed by atoms with Crippen LogP contribution in [-0.4, -0.2) is 108 Å². The van der Waals surface area contributed by atoms with Gasteiger partial charge in [0.25, 0.3) is 0 Å². The predicted octanol–water partition coefficient (Wildman–Crippen LogP) is 23.9. The maximum atomic E-state index is 12.5. The van der Waals surface area contributed by atoms with E-state index in [0.29, 0.717) is 65.7 Å². The first-order valence-corrected chi connectivity index (χ1v) is 49.5. The summed E-state index contributed by atoms with van der Waals surface area (Å²) >= 11 is 0. The van der Waals surface area contributed by atoms with E-state index in [1.807, 2.05) is 69.3 Å². The Labute approximate surface area is 772 Å². The molecule has 4 aromatic carbocycles. The monoisotopic (exact) mass is 1740 g/mol. The number of rotatable bonds is 33. The molecule has 4 aliphatic carbocycles. The molecule has 6 aliphatic rings. The van der Waals surface area contributed by atoms with Crippen molar-refractivity contribution in [1.29, 1.82) is 0 Å². The molecule has 2 saturated heterocycles. The van der Waals surface area contributed by atoms with Crippen molar-refractivity contribution in [3.63, 3.8) is 0 Å². The molecule has 3 heterocycles. The number of anilines is 5. The van der Waals surface area contributed by atoms with E-state index in [2.05, 4.69) is 113 Å². The van der Waals surface area contributed by atoms with Crippen LogP contribution in [0.25, 0.3) is 0 Å². The van der Waals surface area contributed by atoms with Crippen molar-refractivity contribution >= 4 is 57.9 Å². The molecular weight excluding hydrogens is 1590 g/mol. The second-order valence-corrected chi connectivity index (χ2v) is 36.8. The van der Waals surface area contributed by atoms with E-state index in [1.165, 1.54) is 205 Å². The van der Waals surface area contributed by atoms with Crippen molar-refractivity contribution in [2.75, 3.05) is 80.7 Å². The minimum Gasteiger partial charge on any atom is -0.462 e. The molecule has 9 N–H and O–H groups in total. The van der Waals surface area contributed by atoms with Crippen molar-refractivity contribution in [2.24, 2.45) is 17.8 Å². The highest BCUT2D eigenvalue weighted by Gasteiger charge is 2.26. The Morgan fingerprint density at radius 3 is 1.16 bits per heavy atom. The number of carbonyl (C=O) groups is 5. The van der Waals surface area contributed by atoms with Crippen LogP contribution >= 0.6 is 0 Å². The predicted molar refractivity (Wildman–Crippen MR) is 530 cm³/mol. The van der Waals surface area contributed by atoms with Crippen molar-refractivity contribution in [3.05, 3.63) is 141 Å². The molecule has 1 aromatic heterocycles. The van der Waals surface area contributed by atoms with Crippen LogP contribution in [0.15, 0.2) is 85.1 Å². The molecule has 6 fully saturated rings. The Bertz CT molecular complexity index is 4580. The Balaban J connectivity index is 0.000000220. The zero-order valence-electron chi connectivity index (χ0n) is 79.5. The van der Waals surface area contributed by atoms with Gasteiger partial charge in [-0.3, -0.25) is 14.6 Å². The number of hydrogen-bond acceptors (Lipinski definition) is 16. The number of carbonyl (C=O) groups excluding carboxylic acids is 5. The van der Waals surface area contributed by atoms with E-state index in [9.17, 15) is 24.0 Å². The van der Waals surface area contributed by atoms with Gasteiger partial charge in [-0.25, -0.2) is 14.4 Å². The van der Waals surface area contributed by atoms with Gasteiger partial charge < -0.3 is 52.3 Å². The number of nitrogen functional groups attached to an aromatic ring is 4. The van der Waals surface area contributed by atoms with Gasteiger partial charge >= 0.3 is 17.9 Å². The topological polar surface area (TPSA) is 249 Å². The summed E-state index contributed by atoms with van der Waals surface area (Å²) < 4.78 is 15.7. The molecule has 2 aliphatic heterocycles. The van der Waals surface area contributed by atoms with Gasteiger partial charge in [0, 0.05) is 91.1 Å². The number of piperidine rings is 2. The fourth-order valence-electron chi connectivity index (χ4n) is 17.4. The molecule has 4 saturated carbocycles. The Hall–Kier alpha value is -9.94. The first kappa shape index (κ1) is 105. The lowest BCUT2D eigenvalue weighted by molar-refractivity contribution is 0.00682. The number of nitrogens with zero attached hydrogens (tertiary/aromatic N) is 3. The number of hydrogen-bond donors (Lipinski definition) is 5. The summed E-state index contributed by atoms with van der Waals surface area (Å²) in [5.41, 5.74) is 36.5. The molecule has 16 nitrogen and oxygen atoms in total. The van der Waals surface area contributed by atoms with Gasteiger partial charge in [-0.15, -0.1) is 0 Å². The summed E-state index contributed by atoms with van der Waals surface area (Å²) in [5, 5.41) is 3.73. The molecule has 5 aromatic rings. The third kappa shape index (κ3) is 43.0. The summed E-state index contributed by atoms with van der Waals surface area (Å²) in [4.78, 5) is 70.8. The standard InChI is InChI=1S/C25H34N2O.C23H36N2O2.C23H29NO2.C22H34N2O.C19H23NO2/c1-2-3-4-5-6-7-8-10-14-22-16-17-23(21-24(22)26)25(28)15-13-20-27-18-11-9-12-19-27;1-23(2,3)27-22(26)18-15-21(25-19-12-8-5-9-13-19)20(24-16-18)14-17-10-6-4-7-11-17;1-2-3-4-5-6-7-11-16-26-23(25)21-15-14-20(22(24)18-21)17-19-12-9-8-10-13-19;23-21-17-20(12-11-19(21)16-18-8-3-1-4-9-18)22(25)10-7-15-24-13-5-2-6-14-24;1-3-5-6-7-8-9-10-11-12-16-13-14-17(15-18(16)20)19(21)22-4-2/h16-17,21H,2-4,9-15,18-20,26H2,1H3;15-17,19,25H,4-14H2,1-3H3;14-15,18-19H,2-4,8-10,12-13,16-17,24H2,1H3;11-12,17-18H,1-10,13-16,23H2;13-15H,3-6,11-12,20H2,1-2H3. The Morgan fingerprint density at radius 2 is 0.758 bits per heavy atom. The average molecular weight is 1740 g/mol. The van der Waals surface area contributed by atoms with Crippen LogP contribution in [-0.2, 0) is 46.3 Å². The smallest absolute Gasteiger partial charge is 0.340 e. The average Bonchev–Trinajstić information content (AvgIpc) is 0.825. The van der Waals surface area contributed by atoms with Crippen LogP contribution in [0.3, 0.4) is 0 Å². The summed E-state index contributed by atoms with van der Waals surface area (Å²) in [6.45, 7) is 21.2. The van der Waals surface area contributed by atoms with Gasteiger partial charge in [-0.05, 0) is 294 Å². The molecule has 16 heteroatoms. The quantitative estimate of drug-likeness (QED) is 0.00654. The van der Waals surface area contributed by atoms with Crippen LogP contribution in [0.1, 0.15) is 391 Å². The van der Waals surface area contributed by atoms with Crippen LogP contribution in [0.4, 0.5) is 28.4 Å². The maximum absolute atomic E-state index is 12.5. The first-order chi connectivity index (χ1) is 62.2. The lowest BCUT2D eigenvalue weighted by Crippen LogP contribution is -2.30. The van der Waals surface area contributed by atoms with E-state index >= 15 is 0 Å². The lowest BCUT2D eigenvalue weighted by atomic mass is 9.84. The minimum absolute atomic E-state index is 0.0466. The van der Waals surface area contributed by atoms with E-state index in [4.69, 9.17) is 42.1 Å². The van der Waals surface area contributed by atoms with Gasteiger partial charge in [0.2, 0.25) is 0 Å². The molecule has 0 atom stereocenters. The van der Waals surface area contributed by atoms with E-state index < -0.39 is 11.6 Å². The largest absolute Gasteiger partial charge is 0.462 e. The molecule has 0 radical (unpaired) electrons. The lowest BCUT2D eigenvalue weighted by Gasteiger charge is -2.27. The van der Waals surface area contributed by atoms with Gasteiger partial charge in [0.1, 0.15) is 5.60 Å². The van der Waals surface area contributed by atoms with Gasteiger partial charge in [-0.2, -0.15) is 0 Å². The van der Waals surface area contributed by atoms with E-state index in [-0.39, 0.29) is 30.1 Å². The minimum atomic E-state index is -0.491. The Morgan fingerprint density at radius 1 is 0.398 bits per heavy atom. The number of esters is 3. The molecule has 692 valence electrons.